The molecule has 2 atom stereocenters. The molecule has 3 nitrogen and oxygen atoms in total. The Morgan fingerprint density at radius 2 is 2.30 bits per heavy atom. The van der Waals surface area contributed by atoms with Gasteiger partial charge in [0.25, 0.3) is 0 Å². The van der Waals surface area contributed by atoms with Crippen LogP contribution in [0.25, 0.3) is 0 Å². The lowest BCUT2D eigenvalue weighted by Crippen LogP contribution is -2.20. The molecule has 0 saturated carbocycles. The number of nitrogens with two attached hydrogens (primary N) is 1. The minimum atomic E-state index is 0.324. The van der Waals surface area contributed by atoms with Crippen molar-refractivity contribution in [1.29, 1.82) is 0 Å². The lowest BCUT2D eigenvalue weighted by molar-refractivity contribution is 0.311. The Morgan fingerprint density at radius 1 is 1.55 bits per heavy atom. The van der Waals surface area contributed by atoms with Gasteiger partial charge in [-0.1, -0.05) is 30.3 Å². The van der Waals surface area contributed by atoms with Crippen LogP contribution < -0.4 is 10.5 Å². The first-order valence-corrected chi connectivity index (χ1v) is 7.36. The van der Waals surface area contributed by atoms with Crippen molar-refractivity contribution in [2.75, 3.05) is 26.7 Å². The van der Waals surface area contributed by atoms with Crippen LogP contribution in [0.2, 0.25) is 5.02 Å². The highest BCUT2D eigenvalue weighted by Crippen LogP contribution is 2.40. The van der Waals surface area contributed by atoms with E-state index in [1.54, 1.807) is 0 Å². The quantitative estimate of drug-likeness (QED) is 0.847. The van der Waals surface area contributed by atoms with Gasteiger partial charge in [-0.05, 0) is 50.1 Å². The molecule has 1 aromatic rings. The molecule has 1 saturated heterocycles. The van der Waals surface area contributed by atoms with Crippen molar-refractivity contribution in [3.05, 3.63) is 40.9 Å². The van der Waals surface area contributed by atoms with Gasteiger partial charge in [-0.2, -0.15) is 0 Å². The highest BCUT2D eigenvalue weighted by Gasteiger charge is 2.31. The summed E-state index contributed by atoms with van der Waals surface area (Å²) >= 11 is 6.52. The van der Waals surface area contributed by atoms with Gasteiger partial charge in [-0.25, -0.2) is 0 Å². The number of hydrogen-bond donors (Lipinski definition) is 1. The highest BCUT2D eigenvalue weighted by atomic mass is 35.5. The molecule has 2 unspecified atom stereocenters. The molecule has 0 radical (unpaired) electrons. The zero-order chi connectivity index (χ0) is 14.7. The van der Waals surface area contributed by atoms with Gasteiger partial charge in [-0.15, -0.1) is 0 Å². The van der Waals surface area contributed by atoms with Crippen molar-refractivity contribution in [3.63, 3.8) is 0 Å². The molecule has 4 heteroatoms. The number of nitrogens with zero attached hydrogens (tertiary/aromatic N) is 1. The van der Waals surface area contributed by atoms with E-state index < -0.39 is 0 Å². The van der Waals surface area contributed by atoms with Gasteiger partial charge in [0.05, 0.1) is 5.02 Å². The van der Waals surface area contributed by atoms with Crippen LogP contribution in [0, 0.1) is 5.92 Å². The predicted molar refractivity (Wildman–Crippen MR) is 84.3 cm³/mol. The number of rotatable bonds is 5. The lowest BCUT2D eigenvalue weighted by atomic mass is 9.99. The minimum absolute atomic E-state index is 0.324. The molecule has 1 aliphatic rings. The average molecular weight is 295 g/mol. The number of benzene rings is 1. The van der Waals surface area contributed by atoms with Crippen LogP contribution in [0.15, 0.2) is 30.4 Å². The summed E-state index contributed by atoms with van der Waals surface area (Å²) in [6, 6.07) is 6.31. The predicted octanol–water partition coefficient (Wildman–Crippen LogP) is 3.25. The van der Waals surface area contributed by atoms with Gasteiger partial charge in [-0.3, -0.25) is 4.90 Å². The van der Waals surface area contributed by atoms with Gasteiger partial charge in [0, 0.05) is 12.6 Å². The van der Waals surface area contributed by atoms with Crippen molar-refractivity contribution in [3.8, 4) is 5.75 Å². The maximum absolute atomic E-state index is 6.52. The Morgan fingerprint density at radius 3 is 2.90 bits per heavy atom. The van der Waals surface area contributed by atoms with E-state index >= 15 is 0 Å². The van der Waals surface area contributed by atoms with E-state index in [0.717, 1.165) is 36.4 Å². The lowest BCUT2D eigenvalue weighted by Gasteiger charge is -2.22. The van der Waals surface area contributed by atoms with Gasteiger partial charge in [0.2, 0.25) is 0 Å². The topological polar surface area (TPSA) is 38.5 Å². The van der Waals surface area contributed by atoms with E-state index in [1.165, 1.54) is 0 Å². The second-order valence-electron chi connectivity index (χ2n) is 5.70. The van der Waals surface area contributed by atoms with Gasteiger partial charge in [0.15, 0.2) is 0 Å². The number of ether oxygens (including phenoxy) is 1. The van der Waals surface area contributed by atoms with E-state index in [9.17, 15) is 0 Å². The van der Waals surface area contributed by atoms with Crippen molar-refractivity contribution >= 4 is 11.6 Å². The fourth-order valence-corrected chi connectivity index (χ4v) is 3.04. The van der Waals surface area contributed by atoms with Gasteiger partial charge in [0.1, 0.15) is 12.4 Å². The molecular formula is C16H23ClN2O. The maximum Gasteiger partial charge on any atom is 0.138 e. The fourth-order valence-electron chi connectivity index (χ4n) is 2.74. The largest absolute Gasteiger partial charge is 0.488 e. The summed E-state index contributed by atoms with van der Waals surface area (Å²) in [6.07, 6.45) is 1.05. The summed E-state index contributed by atoms with van der Waals surface area (Å²) in [5.74, 6) is 1.28. The summed E-state index contributed by atoms with van der Waals surface area (Å²) in [5, 5.41) is 0.711. The van der Waals surface area contributed by atoms with Crippen molar-refractivity contribution in [2.24, 2.45) is 11.7 Å². The summed E-state index contributed by atoms with van der Waals surface area (Å²) in [4.78, 5) is 2.32. The maximum atomic E-state index is 6.52. The van der Waals surface area contributed by atoms with Crippen LogP contribution in [0.5, 0.6) is 5.75 Å². The van der Waals surface area contributed by atoms with E-state index in [2.05, 4.69) is 24.6 Å². The average Bonchev–Trinajstić information content (AvgIpc) is 2.79. The summed E-state index contributed by atoms with van der Waals surface area (Å²) in [5.41, 5.74) is 7.90. The Kier molecular flexibility index (Phi) is 5.08. The van der Waals surface area contributed by atoms with E-state index in [4.69, 9.17) is 22.1 Å². The monoisotopic (exact) mass is 294 g/mol. The first-order chi connectivity index (χ1) is 9.52. The molecule has 110 valence electrons. The third-order valence-corrected chi connectivity index (χ3v) is 4.20. The van der Waals surface area contributed by atoms with Crippen LogP contribution >= 0.6 is 11.6 Å². The van der Waals surface area contributed by atoms with Crippen LogP contribution in [-0.4, -0.2) is 31.6 Å². The van der Waals surface area contributed by atoms with Gasteiger partial charge < -0.3 is 10.5 Å². The molecule has 1 fully saturated rings. The zero-order valence-electron chi connectivity index (χ0n) is 12.2. The first-order valence-electron chi connectivity index (χ1n) is 6.98. The number of hydrogen-bond acceptors (Lipinski definition) is 3. The van der Waals surface area contributed by atoms with Gasteiger partial charge >= 0.3 is 0 Å². The SMILES string of the molecule is C=C(C)COc1cccc(C2CC(CN)CN2C)c1Cl. The fraction of sp³-hybridized carbons (Fsp3) is 0.500. The van der Waals surface area contributed by atoms with Crippen LogP contribution in [0.3, 0.4) is 0 Å². The molecule has 2 rings (SSSR count). The van der Waals surface area contributed by atoms with Crippen molar-refractivity contribution < 1.29 is 4.74 Å². The Balaban J connectivity index is 2.20. The zero-order valence-corrected chi connectivity index (χ0v) is 13.0. The molecule has 0 aromatic heterocycles. The molecule has 0 amide bonds. The van der Waals surface area contributed by atoms with Crippen molar-refractivity contribution in [2.45, 2.75) is 19.4 Å². The number of halogens is 1. The molecule has 0 aliphatic carbocycles. The molecule has 1 heterocycles. The summed E-state index contributed by atoms with van der Waals surface area (Å²) < 4.78 is 5.71. The summed E-state index contributed by atoms with van der Waals surface area (Å²) in [7, 11) is 2.12. The van der Waals surface area contributed by atoms with Crippen molar-refractivity contribution in [1.82, 2.24) is 4.90 Å². The third kappa shape index (κ3) is 3.35. The van der Waals surface area contributed by atoms with Crippen LogP contribution in [0.1, 0.15) is 24.9 Å². The normalized spacial score (nSPS) is 23.0. The molecular weight excluding hydrogens is 272 g/mol. The second-order valence-corrected chi connectivity index (χ2v) is 6.08. The van der Waals surface area contributed by atoms with E-state index in [1.807, 2.05) is 19.1 Å². The summed E-state index contributed by atoms with van der Waals surface area (Å²) in [6.45, 7) is 8.03. The Hall–Kier alpha value is -1.03. The number of likely N-dealkylation sites (tertiary alicyclic amines) is 1. The van der Waals surface area contributed by atoms with E-state index in [-0.39, 0.29) is 0 Å². The standard InChI is InChI=1S/C16H23ClN2O/c1-11(2)10-20-15-6-4-5-13(16(15)17)14-7-12(8-18)9-19(14)3/h4-6,12,14H,1,7-10,18H2,2-3H3. The first kappa shape index (κ1) is 15.4. The Labute approximate surface area is 126 Å². The van der Waals surface area contributed by atoms with Crippen LogP contribution in [-0.2, 0) is 0 Å². The molecule has 0 spiro atoms. The molecule has 0 bridgehead atoms. The Bertz CT molecular complexity index is 489. The molecule has 20 heavy (non-hydrogen) atoms. The van der Waals surface area contributed by atoms with E-state index in [0.29, 0.717) is 23.6 Å². The minimum Gasteiger partial charge on any atom is -0.488 e. The molecule has 1 aromatic carbocycles. The second kappa shape index (κ2) is 6.61. The highest BCUT2D eigenvalue weighted by molar-refractivity contribution is 6.32. The molecule has 2 N–H and O–H groups in total. The third-order valence-electron chi connectivity index (χ3n) is 3.79. The van der Waals surface area contributed by atoms with Crippen LogP contribution in [0.4, 0.5) is 0 Å². The smallest absolute Gasteiger partial charge is 0.138 e. The molecule has 1 aliphatic heterocycles.